The van der Waals surface area contributed by atoms with Crippen LogP contribution in [0.2, 0.25) is 0 Å². The smallest absolute Gasteiger partial charge is 0.229 e. The highest BCUT2D eigenvalue weighted by Crippen LogP contribution is 2.33. The monoisotopic (exact) mass is 371 g/mol. The van der Waals surface area contributed by atoms with Gasteiger partial charge in [-0.05, 0) is 32.3 Å². The number of benzene rings is 1. The number of aliphatic imine (C=N–C) groups is 1. The number of methoxy groups -OCH3 is 2. The largest absolute Gasteiger partial charge is 0.493 e. The number of oxazole rings is 1. The van der Waals surface area contributed by atoms with Crippen molar-refractivity contribution in [3.05, 3.63) is 29.7 Å². The highest BCUT2D eigenvalue weighted by Gasteiger charge is 2.35. The fraction of sp³-hybridized carbons (Fsp3) is 0.368. The van der Waals surface area contributed by atoms with Gasteiger partial charge in [0.25, 0.3) is 0 Å². The minimum absolute atomic E-state index is 0.0136. The van der Waals surface area contributed by atoms with Crippen molar-refractivity contribution in [3.63, 3.8) is 0 Å². The summed E-state index contributed by atoms with van der Waals surface area (Å²) in [6.07, 6.45) is -0.0696. The van der Waals surface area contributed by atoms with Gasteiger partial charge in [0.2, 0.25) is 23.2 Å². The molecule has 0 aliphatic heterocycles. The molecule has 8 nitrogen and oxygen atoms in total. The molecule has 1 aromatic heterocycles. The first-order valence-corrected chi connectivity index (χ1v) is 8.43. The number of likely N-dealkylation sites (N-methyl/N-ethyl adjacent to an activating group) is 1. The maximum Gasteiger partial charge on any atom is 0.229 e. The van der Waals surface area contributed by atoms with Crippen LogP contribution in [0.15, 0.2) is 27.6 Å². The molecule has 27 heavy (non-hydrogen) atoms. The SMILES string of the molecule is COc1ccc(-c2nc3c(o2)C(=O)CC(=NCCN(C)C)C3=O)cc1OC. The Labute approximate surface area is 156 Å². The van der Waals surface area contributed by atoms with E-state index in [4.69, 9.17) is 13.9 Å². The first kappa shape index (κ1) is 18.8. The zero-order valence-electron chi connectivity index (χ0n) is 15.7. The Morgan fingerprint density at radius 2 is 1.93 bits per heavy atom. The van der Waals surface area contributed by atoms with Crippen molar-refractivity contribution >= 4 is 17.3 Å². The number of Topliss-reactive ketones (excluding diaryl/α,β-unsaturated/α-hetero) is 2. The minimum atomic E-state index is -0.362. The molecule has 3 rings (SSSR count). The lowest BCUT2D eigenvalue weighted by Gasteiger charge is -2.11. The molecule has 0 bridgehead atoms. The molecule has 0 N–H and O–H groups in total. The Hall–Kier alpha value is -3.00. The molecule has 1 aliphatic rings. The lowest BCUT2D eigenvalue weighted by atomic mass is 9.97. The second-order valence-electron chi connectivity index (χ2n) is 6.33. The fourth-order valence-corrected chi connectivity index (χ4v) is 2.72. The lowest BCUT2D eigenvalue weighted by Crippen LogP contribution is -2.27. The van der Waals surface area contributed by atoms with Gasteiger partial charge in [0.15, 0.2) is 17.2 Å². The predicted molar refractivity (Wildman–Crippen MR) is 99.2 cm³/mol. The van der Waals surface area contributed by atoms with Gasteiger partial charge >= 0.3 is 0 Å². The Morgan fingerprint density at radius 1 is 1.19 bits per heavy atom. The third-order valence-electron chi connectivity index (χ3n) is 4.17. The van der Waals surface area contributed by atoms with Crippen molar-refractivity contribution in [2.45, 2.75) is 6.42 Å². The van der Waals surface area contributed by atoms with E-state index in [0.29, 0.717) is 30.2 Å². The van der Waals surface area contributed by atoms with Crippen LogP contribution in [-0.4, -0.2) is 68.6 Å². The maximum atomic E-state index is 12.6. The van der Waals surface area contributed by atoms with Crippen LogP contribution in [0, 0.1) is 0 Å². The Morgan fingerprint density at radius 3 is 2.59 bits per heavy atom. The van der Waals surface area contributed by atoms with Crippen LogP contribution in [0.5, 0.6) is 11.5 Å². The number of hydrogen-bond donors (Lipinski definition) is 0. The van der Waals surface area contributed by atoms with Crippen molar-refractivity contribution in [2.24, 2.45) is 4.99 Å². The van der Waals surface area contributed by atoms with Crippen molar-refractivity contribution in [1.82, 2.24) is 9.88 Å². The number of fused-ring (bicyclic) bond motifs is 1. The Balaban J connectivity index is 1.93. The van der Waals surface area contributed by atoms with Gasteiger partial charge in [-0.15, -0.1) is 0 Å². The maximum absolute atomic E-state index is 12.6. The van der Waals surface area contributed by atoms with E-state index in [1.165, 1.54) is 14.2 Å². The topological polar surface area (TPSA) is 94.2 Å². The van der Waals surface area contributed by atoms with Crippen molar-refractivity contribution < 1.29 is 23.5 Å². The van der Waals surface area contributed by atoms with Crippen LogP contribution < -0.4 is 9.47 Å². The Kier molecular flexibility index (Phi) is 5.36. The van der Waals surface area contributed by atoms with E-state index in [1.807, 2.05) is 19.0 Å². The summed E-state index contributed by atoms with van der Waals surface area (Å²) in [5.74, 6) is 0.551. The summed E-state index contributed by atoms with van der Waals surface area (Å²) in [5.41, 5.74) is 0.815. The number of hydrogen-bond acceptors (Lipinski definition) is 8. The molecule has 0 atom stereocenters. The number of nitrogens with zero attached hydrogens (tertiary/aromatic N) is 3. The van der Waals surface area contributed by atoms with Crippen LogP contribution in [0.25, 0.3) is 11.5 Å². The first-order chi connectivity index (χ1) is 12.9. The molecule has 0 radical (unpaired) electrons. The molecule has 2 aromatic rings. The highest BCUT2D eigenvalue weighted by molar-refractivity contribution is 6.52. The molecule has 0 unspecified atom stereocenters. The van der Waals surface area contributed by atoms with E-state index in [-0.39, 0.29) is 41.0 Å². The van der Waals surface area contributed by atoms with E-state index in [0.717, 1.165) is 0 Å². The molecule has 1 aromatic carbocycles. The third-order valence-corrected chi connectivity index (χ3v) is 4.17. The van der Waals surface area contributed by atoms with Gasteiger partial charge in [-0.2, -0.15) is 0 Å². The van der Waals surface area contributed by atoms with Crippen LogP contribution in [0.1, 0.15) is 27.5 Å². The molecule has 8 heteroatoms. The minimum Gasteiger partial charge on any atom is -0.493 e. The van der Waals surface area contributed by atoms with Gasteiger partial charge in [0.05, 0.1) is 32.9 Å². The molecule has 1 aliphatic carbocycles. The van der Waals surface area contributed by atoms with Crippen LogP contribution in [-0.2, 0) is 0 Å². The zero-order valence-corrected chi connectivity index (χ0v) is 15.7. The van der Waals surface area contributed by atoms with Crippen molar-refractivity contribution in [2.75, 3.05) is 41.4 Å². The summed E-state index contributed by atoms with van der Waals surface area (Å²) >= 11 is 0. The summed E-state index contributed by atoms with van der Waals surface area (Å²) in [6, 6.07) is 5.10. The third kappa shape index (κ3) is 3.75. The molecular weight excluding hydrogens is 350 g/mol. The van der Waals surface area contributed by atoms with Crippen molar-refractivity contribution in [1.29, 1.82) is 0 Å². The number of ether oxygens (including phenoxy) is 2. The standard InChI is InChI=1S/C19H21N3O5/c1-22(2)8-7-20-12-10-13(23)18-16(17(12)24)21-19(27-18)11-5-6-14(25-3)15(9-11)26-4/h5-6,9H,7-8,10H2,1-4H3. The second-order valence-corrected chi connectivity index (χ2v) is 6.33. The summed E-state index contributed by atoms with van der Waals surface area (Å²) in [5, 5.41) is 0. The van der Waals surface area contributed by atoms with E-state index >= 15 is 0 Å². The fourth-order valence-electron chi connectivity index (χ4n) is 2.72. The van der Waals surface area contributed by atoms with Gasteiger partial charge in [0.1, 0.15) is 0 Å². The first-order valence-electron chi connectivity index (χ1n) is 8.43. The summed E-state index contributed by atoms with van der Waals surface area (Å²) < 4.78 is 16.1. The van der Waals surface area contributed by atoms with Gasteiger partial charge in [-0.3, -0.25) is 14.6 Å². The normalized spacial score (nSPS) is 15.4. The van der Waals surface area contributed by atoms with Crippen molar-refractivity contribution in [3.8, 4) is 23.0 Å². The highest BCUT2D eigenvalue weighted by atomic mass is 16.5. The van der Waals surface area contributed by atoms with Crippen LogP contribution in [0.4, 0.5) is 0 Å². The summed E-state index contributed by atoms with van der Waals surface area (Å²) in [7, 11) is 6.89. The molecular formula is C19H21N3O5. The lowest BCUT2D eigenvalue weighted by molar-refractivity contribution is 0.0940. The number of carbonyl (C=O) groups excluding carboxylic acids is 2. The number of carbonyl (C=O) groups is 2. The molecule has 142 valence electrons. The molecule has 0 spiro atoms. The molecule has 1 heterocycles. The van der Waals surface area contributed by atoms with Crippen LogP contribution >= 0.6 is 0 Å². The zero-order chi connectivity index (χ0) is 19.6. The Bertz CT molecular complexity index is 914. The second kappa shape index (κ2) is 7.71. The average Bonchev–Trinajstić information content (AvgIpc) is 3.11. The quantitative estimate of drug-likeness (QED) is 0.768. The van der Waals surface area contributed by atoms with E-state index in [9.17, 15) is 9.59 Å². The van der Waals surface area contributed by atoms with Gasteiger partial charge in [-0.25, -0.2) is 4.98 Å². The number of aromatic nitrogens is 1. The van der Waals surface area contributed by atoms with Gasteiger partial charge < -0.3 is 18.8 Å². The summed E-state index contributed by atoms with van der Waals surface area (Å²) in [6.45, 7) is 1.13. The average molecular weight is 371 g/mol. The molecule has 0 saturated heterocycles. The van der Waals surface area contributed by atoms with Crippen LogP contribution in [0.3, 0.4) is 0 Å². The van der Waals surface area contributed by atoms with E-state index in [1.54, 1.807) is 18.2 Å². The molecule has 0 fully saturated rings. The molecule has 0 saturated carbocycles. The van der Waals surface area contributed by atoms with Gasteiger partial charge in [0, 0.05) is 12.1 Å². The number of ketones is 2. The predicted octanol–water partition coefficient (Wildman–Crippen LogP) is 2.13. The van der Waals surface area contributed by atoms with Gasteiger partial charge in [-0.1, -0.05) is 0 Å². The van der Waals surface area contributed by atoms with E-state index < -0.39 is 0 Å². The molecule has 0 amide bonds. The number of rotatable bonds is 6. The van der Waals surface area contributed by atoms with E-state index in [2.05, 4.69) is 9.98 Å². The summed E-state index contributed by atoms with van der Waals surface area (Å²) in [4.78, 5) is 35.5.